The van der Waals surface area contributed by atoms with E-state index in [0.717, 1.165) is 201 Å². The number of aryl methyl sites for hydroxylation is 2. The van der Waals surface area contributed by atoms with Crippen molar-refractivity contribution < 1.29 is 22.8 Å². The van der Waals surface area contributed by atoms with Crippen molar-refractivity contribution in [3.8, 4) is 0 Å². The second-order valence-electron chi connectivity index (χ2n) is 58.4. The fourth-order valence-corrected chi connectivity index (χ4v) is 32.1. The Morgan fingerprint density at radius 2 is 0.382 bits per heavy atom. The highest BCUT2D eigenvalue weighted by atomic mass is 14.4. The maximum absolute atomic E-state index is 2.56. The molecule has 0 heterocycles. The predicted octanol–water partition coefficient (Wildman–Crippen LogP) is 50.8. The SMILES string of the molecule is CC1=CCC(C2CCC(C)CC2)CC1.CC1CC=C(C2CCC(C)CC2)CC1.CC1CCC(/C=C/C2CCC(C)CC2)CC1.CC1CCC(C2CCC(C)CC2)CC1.CC1CCC(C2CCC(C)CC2)CC1.CC1CCC(C2CCC(C)CC2)CC1.CC1CCC(C2CCC(C)CC2)CC1.CC1CCC(CCC2CCC(C)CC2)CC1.Cc1ccc(C2CCC(C)CC2)cc1.Cc1ccc(C2CCC(C)CC2)cc1.[HH].[HH].[HH].[HH].[HH].[HH].[HH].[HH].[HH].[HH].[HH].[HH].[HH].[HH].[HH].[HH]. The van der Waals surface area contributed by atoms with Gasteiger partial charge in [0.25, 0.3) is 0 Å². The van der Waals surface area contributed by atoms with E-state index in [1.165, 1.54) is 358 Å². The second-order valence-corrected chi connectivity index (χ2v) is 58.4. The summed E-state index contributed by atoms with van der Waals surface area (Å²) in [5, 5.41) is 0. The number of rotatable bonds is 13. The molecule has 0 saturated heterocycles. The van der Waals surface area contributed by atoms with Crippen molar-refractivity contribution in [1.82, 2.24) is 0 Å². The molecule has 20 rings (SSSR count). The molecule has 16 saturated carbocycles. The van der Waals surface area contributed by atoms with E-state index in [1.807, 2.05) is 5.57 Å². The lowest BCUT2D eigenvalue weighted by atomic mass is 9.70. The second kappa shape index (κ2) is 67.5. The van der Waals surface area contributed by atoms with Crippen LogP contribution in [0, 0.1) is 203 Å². The van der Waals surface area contributed by atoms with Gasteiger partial charge in [-0.3, -0.25) is 0 Å². The van der Waals surface area contributed by atoms with Gasteiger partial charge in [0.15, 0.2) is 0 Å². The third-order valence-corrected chi connectivity index (χ3v) is 45.0. The monoisotopic (exact) mass is 2010 g/mol. The third kappa shape index (κ3) is 46.8. The molecular formula is C144H282. The Labute approximate surface area is 925 Å². The summed E-state index contributed by atoms with van der Waals surface area (Å²) >= 11 is 0. The van der Waals surface area contributed by atoms with Crippen LogP contribution in [0.2, 0.25) is 0 Å². The topological polar surface area (TPSA) is 0 Å². The largest absolute Gasteiger partial charge is 0.0853 e. The Balaban J connectivity index is -0.000000407. The first-order valence-electron chi connectivity index (χ1n) is 66.7. The zero-order valence-electron chi connectivity index (χ0n) is 100. The minimum Gasteiger partial charge on any atom is -0.0853 e. The Kier molecular flexibility index (Phi) is 57.1. The van der Waals surface area contributed by atoms with Crippen molar-refractivity contribution in [3.63, 3.8) is 0 Å². The molecule has 18 aliphatic rings. The van der Waals surface area contributed by atoms with Crippen LogP contribution in [0.15, 0.2) is 84.0 Å². The molecule has 0 nitrogen and oxygen atoms in total. The van der Waals surface area contributed by atoms with E-state index in [1.54, 1.807) is 132 Å². The molecular weight excluding hydrogens is 1730 g/mol. The smallest absolute Gasteiger partial charge is 0 e. The summed E-state index contributed by atoms with van der Waals surface area (Å²) in [6.45, 7) is 47.7. The maximum Gasteiger partial charge on any atom is 0 e. The van der Waals surface area contributed by atoms with Crippen LogP contribution in [-0.2, 0) is 0 Å². The fourth-order valence-electron chi connectivity index (χ4n) is 32.1. The minimum atomic E-state index is 0. The third-order valence-electron chi connectivity index (χ3n) is 45.0. The van der Waals surface area contributed by atoms with Crippen molar-refractivity contribution >= 4 is 0 Å². The van der Waals surface area contributed by atoms with Gasteiger partial charge < -0.3 is 0 Å². The van der Waals surface area contributed by atoms with Gasteiger partial charge in [-0.2, -0.15) is 0 Å². The van der Waals surface area contributed by atoms with E-state index in [4.69, 9.17) is 0 Å². The Hall–Kier alpha value is -2.34. The van der Waals surface area contributed by atoms with Gasteiger partial charge in [-0.05, 0) is 451 Å². The molecule has 2 aromatic rings. The molecule has 2 aromatic carbocycles. The highest BCUT2D eigenvalue weighted by Crippen LogP contribution is 2.50. The summed E-state index contributed by atoms with van der Waals surface area (Å²) in [5.74, 6) is 34.7. The van der Waals surface area contributed by atoms with Gasteiger partial charge in [-0.15, -0.1) is 0 Å². The van der Waals surface area contributed by atoms with E-state index in [0.29, 0.717) is 0 Å². The summed E-state index contributed by atoms with van der Waals surface area (Å²) in [6.07, 6.45) is 117. The molecule has 144 heavy (non-hydrogen) atoms. The van der Waals surface area contributed by atoms with Crippen LogP contribution in [-0.4, -0.2) is 0 Å². The van der Waals surface area contributed by atoms with Crippen LogP contribution in [0.25, 0.3) is 0 Å². The molecule has 0 heteroatoms. The van der Waals surface area contributed by atoms with Crippen molar-refractivity contribution in [2.45, 2.75) is 613 Å². The van der Waals surface area contributed by atoms with E-state index in [2.05, 4.69) is 211 Å². The molecule has 0 amide bonds. The van der Waals surface area contributed by atoms with Gasteiger partial charge in [0, 0.05) is 22.8 Å². The van der Waals surface area contributed by atoms with E-state index >= 15 is 0 Å². The van der Waals surface area contributed by atoms with Crippen molar-refractivity contribution in [3.05, 3.63) is 106 Å². The predicted molar refractivity (Wildman–Crippen MR) is 673 cm³/mol. The summed E-state index contributed by atoms with van der Waals surface area (Å²) in [7, 11) is 0. The van der Waals surface area contributed by atoms with Gasteiger partial charge >= 0.3 is 0 Å². The quantitative estimate of drug-likeness (QED) is 0.175. The van der Waals surface area contributed by atoms with Crippen LogP contribution in [0.4, 0.5) is 0 Å². The van der Waals surface area contributed by atoms with Gasteiger partial charge in [0.2, 0.25) is 0 Å². The lowest BCUT2D eigenvalue weighted by molar-refractivity contribution is 0.155. The zero-order chi connectivity index (χ0) is 102. The molecule has 858 valence electrons. The molecule has 0 spiro atoms. The van der Waals surface area contributed by atoms with Crippen LogP contribution in [0.1, 0.15) is 644 Å². The van der Waals surface area contributed by atoms with Crippen LogP contribution >= 0.6 is 0 Å². The molecule has 18 aliphatic carbocycles. The van der Waals surface area contributed by atoms with Crippen LogP contribution in [0.3, 0.4) is 0 Å². The number of benzene rings is 2. The maximum atomic E-state index is 2.56. The average Bonchev–Trinajstić information content (AvgIpc) is 0.878. The average molecular weight is 2010 g/mol. The normalized spacial score (nSPS) is 39.6. The Morgan fingerprint density at radius 3 is 0.590 bits per heavy atom. The number of hydrogen-bond donors (Lipinski definition) is 0. The summed E-state index contributed by atoms with van der Waals surface area (Å²) in [5.41, 5.74) is 9.31. The van der Waals surface area contributed by atoms with E-state index in [-0.39, 0.29) is 22.8 Å². The van der Waals surface area contributed by atoms with Crippen LogP contribution in [0.5, 0.6) is 0 Å². The standard InChI is InChI=1S/C16H30.C16H28.4C14H26.2C14H24.2C14H20.16H2/c2*1-13-3-7-15(8-4-13)11-12-16-9-5-14(2)6-10-16;8*1-11-3-7-13(8-4-11)14-9-5-12(2)6-10-14;;;;;;;;;;;;;;;;/h13-16H,3-12H2,1-2H3;11-16H,3-10H2,1-2H3;4*11-14H,3-10H2,1-2H3;7,11-12,14H,3-6,8-10H2,1-2H3;3,12-14H,4-10H2,1-2H3;2*3-4,7-8,12,14H,5-6,9-10H2,1-2H3;16*1H/b;12-11+;;;;;;;;;;;;;;;;;;;;;;;;. The number of allylic oxidation sites excluding steroid dienone is 6. The Morgan fingerprint density at radius 1 is 0.181 bits per heavy atom. The fraction of sp³-hybridized carbons (Fsp3) is 0.875. The first kappa shape index (κ1) is 122. The molecule has 0 aliphatic heterocycles. The molecule has 0 radical (unpaired) electrons. The van der Waals surface area contributed by atoms with Crippen molar-refractivity contribution in [1.29, 1.82) is 0 Å². The van der Waals surface area contributed by atoms with E-state index < -0.39 is 0 Å². The van der Waals surface area contributed by atoms with Gasteiger partial charge in [0.1, 0.15) is 0 Å². The highest BCUT2D eigenvalue weighted by Gasteiger charge is 2.36. The molecule has 0 N–H and O–H groups in total. The lowest BCUT2D eigenvalue weighted by Gasteiger charge is -2.36. The highest BCUT2D eigenvalue weighted by molar-refractivity contribution is 5.26. The van der Waals surface area contributed by atoms with Crippen molar-refractivity contribution in [2.75, 3.05) is 0 Å². The molecule has 16 fully saturated rings. The minimum absolute atomic E-state index is 0. The Bertz CT molecular complexity index is 3280. The molecule has 2 atom stereocenters. The lowest BCUT2D eigenvalue weighted by Crippen LogP contribution is -2.24. The van der Waals surface area contributed by atoms with Crippen LogP contribution < -0.4 is 0 Å². The van der Waals surface area contributed by atoms with E-state index in [9.17, 15) is 0 Å². The number of hydrogen-bond acceptors (Lipinski definition) is 0. The first-order chi connectivity index (χ1) is 69.5. The molecule has 2 unspecified atom stereocenters. The molecule has 0 bridgehead atoms. The summed E-state index contributed by atoms with van der Waals surface area (Å²) in [6, 6.07) is 18.2. The first-order valence-corrected chi connectivity index (χ1v) is 66.7. The zero-order valence-corrected chi connectivity index (χ0v) is 100. The molecule has 0 aromatic heterocycles. The van der Waals surface area contributed by atoms with Crippen molar-refractivity contribution in [2.24, 2.45) is 189 Å². The van der Waals surface area contributed by atoms with Gasteiger partial charge in [-0.1, -0.05) is 457 Å². The summed E-state index contributed by atoms with van der Waals surface area (Å²) < 4.78 is 0. The van der Waals surface area contributed by atoms with Gasteiger partial charge in [0.05, 0.1) is 0 Å². The summed E-state index contributed by atoms with van der Waals surface area (Å²) in [4.78, 5) is 0. The van der Waals surface area contributed by atoms with Gasteiger partial charge in [-0.25, -0.2) is 0 Å².